The second-order valence-electron chi connectivity index (χ2n) is 4.52. The molecule has 0 aliphatic rings. The van der Waals surface area contributed by atoms with Gasteiger partial charge in [-0.1, -0.05) is 11.8 Å². The number of thioether (sulfide) groups is 1. The first-order valence-electron chi connectivity index (χ1n) is 6.85. The first kappa shape index (κ1) is 16.2. The lowest BCUT2D eigenvalue weighted by Crippen LogP contribution is -2.09. The molecule has 0 saturated heterocycles. The maximum absolute atomic E-state index is 11.9. The summed E-state index contributed by atoms with van der Waals surface area (Å²) in [5.74, 6) is 0.865. The molecule has 0 bridgehead atoms. The molecule has 3 rings (SSSR count). The maximum Gasteiger partial charge on any atom is 0.311 e. The molecule has 6 nitrogen and oxygen atoms in total. The Hall–Kier alpha value is -1.71. The van der Waals surface area contributed by atoms with Crippen molar-refractivity contribution in [2.45, 2.75) is 23.4 Å². The number of thiazole rings is 1. The molecule has 3 heterocycles. The van der Waals surface area contributed by atoms with Crippen LogP contribution in [0, 0.1) is 0 Å². The van der Waals surface area contributed by atoms with Crippen LogP contribution in [0.15, 0.2) is 26.0 Å². The molecule has 0 spiro atoms. The Balaban J connectivity index is 1.64. The topological polar surface area (TPSA) is 84.9 Å². The highest BCUT2D eigenvalue weighted by Gasteiger charge is 2.10. The largest absolute Gasteiger partial charge is 0.466 e. The highest BCUT2D eigenvalue weighted by Crippen LogP contribution is 2.26. The summed E-state index contributed by atoms with van der Waals surface area (Å²) in [6.07, 6.45) is 0.181. The molecule has 0 aromatic carbocycles. The van der Waals surface area contributed by atoms with E-state index < -0.39 is 0 Å². The van der Waals surface area contributed by atoms with E-state index in [9.17, 15) is 9.59 Å². The number of hydrogen-bond donors (Lipinski definition) is 1. The van der Waals surface area contributed by atoms with Gasteiger partial charge in [0.05, 0.1) is 30.0 Å². The summed E-state index contributed by atoms with van der Waals surface area (Å²) in [5.41, 5.74) is 1.31. The summed E-state index contributed by atoms with van der Waals surface area (Å²) in [6, 6.07) is 1.84. The molecule has 0 atom stereocenters. The number of esters is 1. The van der Waals surface area contributed by atoms with Crippen molar-refractivity contribution in [2.24, 2.45) is 0 Å². The smallest absolute Gasteiger partial charge is 0.311 e. The van der Waals surface area contributed by atoms with Crippen LogP contribution in [0.5, 0.6) is 0 Å². The molecule has 120 valence electrons. The van der Waals surface area contributed by atoms with E-state index in [4.69, 9.17) is 4.74 Å². The molecule has 0 saturated carbocycles. The second kappa shape index (κ2) is 7.24. The standard InChI is InChI=1S/C14H13N3O3S3/c1-2-20-11(18)5-8-6-22-14(15-8)23-7-10-16-9-3-4-21-12(9)13(19)17-10/h3-4,6H,2,5,7H2,1H3,(H,16,17,19). The van der Waals surface area contributed by atoms with Crippen LogP contribution in [-0.4, -0.2) is 27.5 Å². The number of thiophene rings is 1. The number of hydrogen-bond acceptors (Lipinski definition) is 8. The van der Waals surface area contributed by atoms with Crippen molar-refractivity contribution in [3.63, 3.8) is 0 Å². The first-order valence-corrected chi connectivity index (χ1v) is 9.59. The van der Waals surface area contributed by atoms with Crippen molar-refractivity contribution in [3.8, 4) is 0 Å². The summed E-state index contributed by atoms with van der Waals surface area (Å²) in [6.45, 7) is 2.15. The lowest BCUT2D eigenvalue weighted by molar-refractivity contribution is -0.142. The average molecular weight is 367 g/mol. The summed E-state index contributed by atoms with van der Waals surface area (Å²) in [7, 11) is 0. The number of carbonyl (C=O) groups is 1. The zero-order valence-electron chi connectivity index (χ0n) is 12.2. The van der Waals surface area contributed by atoms with E-state index >= 15 is 0 Å². The van der Waals surface area contributed by atoms with E-state index in [2.05, 4.69) is 15.0 Å². The van der Waals surface area contributed by atoms with Crippen LogP contribution >= 0.6 is 34.4 Å². The zero-order valence-corrected chi connectivity index (χ0v) is 14.6. The number of aromatic amines is 1. The molecule has 0 amide bonds. The Morgan fingerprint density at radius 1 is 1.39 bits per heavy atom. The Morgan fingerprint density at radius 3 is 3.09 bits per heavy atom. The summed E-state index contributed by atoms with van der Waals surface area (Å²) in [5, 5.41) is 3.70. The van der Waals surface area contributed by atoms with E-state index in [0.717, 1.165) is 9.86 Å². The van der Waals surface area contributed by atoms with Crippen LogP contribution in [-0.2, 0) is 21.7 Å². The van der Waals surface area contributed by atoms with Gasteiger partial charge in [-0.15, -0.1) is 22.7 Å². The molecule has 0 fully saturated rings. The van der Waals surface area contributed by atoms with Crippen LogP contribution in [0.2, 0.25) is 0 Å². The summed E-state index contributed by atoms with van der Waals surface area (Å²) >= 11 is 4.33. The summed E-state index contributed by atoms with van der Waals surface area (Å²) in [4.78, 5) is 34.9. The molecule has 3 aromatic heterocycles. The average Bonchev–Trinajstić information content (AvgIpc) is 3.14. The maximum atomic E-state index is 11.9. The molecule has 0 aliphatic carbocycles. The van der Waals surface area contributed by atoms with E-state index in [1.807, 2.05) is 16.8 Å². The SMILES string of the molecule is CCOC(=O)Cc1csc(SCc2nc3ccsc3c(=O)[nH]2)n1. The highest BCUT2D eigenvalue weighted by atomic mass is 32.2. The normalized spacial score (nSPS) is 11.0. The van der Waals surface area contributed by atoms with Gasteiger partial charge in [-0.05, 0) is 18.4 Å². The van der Waals surface area contributed by atoms with Crippen LogP contribution in [0.3, 0.4) is 0 Å². The quantitative estimate of drug-likeness (QED) is 0.533. The number of fused-ring (bicyclic) bond motifs is 1. The Labute approximate surface area is 143 Å². The van der Waals surface area contributed by atoms with Crippen LogP contribution in [0.1, 0.15) is 18.4 Å². The number of nitrogens with zero attached hydrogens (tertiary/aromatic N) is 2. The van der Waals surface area contributed by atoms with Crippen molar-refractivity contribution >= 4 is 50.6 Å². The van der Waals surface area contributed by atoms with Gasteiger partial charge in [-0.2, -0.15) is 0 Å². The Bertz CT molecular complexity index is 884. The molecule has 0 radical (unpaired) electrons. The zero-order chi connectivity index (χ0) is 16.2. The molecular formula is C14H13N3O3S3. The van der Waals surface area contributed by atoms with E-state index in [1.165, 1.54) is 34.4 Å². The van der Waals surface area contributed by atoms with Crippen LogP contribution in [0.25, 0.3) is 10.2 Å². The number of rotatable bonds is 6. The summed E-state index contributed by atoms with van der Waals surface area (Å²) < 4.78 is 6.38. The van der Waals surface area contributed by atoms with Crippen molar-refractivity contribution in [2.75, 3.05) is 6.61 Å². The van der Waals surface area contributed by atoms with Gasteiger partial charge in [0.1, 0.15) is 10.5 Å². The number of carbonyl (C=O) groups excluding carboxylic acids is 1. The van der Waals surface area contributed by atoms with E-state index in [1.54, 1.807) is 6.92 Å². The second-order valence-corrected chi connectivity index (χ2v) is 7.52. The molecular weight excluding hydrogens is 354 g/mol. The lowest BCUT2D eigenvalue weighted by Gasteiger charge is -1.99. The van der Waals surface area contributed by atoms with Gasteiger partial charge >= 0.3 is 5.97 Å². The minimum Gasteiger partial charge on any atom is -0.466 e. The van der Waals surface area contributed by atoms with Crippen molar-refractivity contribution < 1.29 is 9.53 Å². The highest BCUT2D eigenvalue weighted by molar-refractivity contribution is 8.00. The van der Waals surface area contributed by atoms with E-state index in [-0.39, 0.29) is 17.9 Å². The predicted octanol–water partition coefficient (Wildman–Crippen LogP) is 2.84. The van der Waals surface area contributed by atoms with Gasteiger partial charge in [0.15, 0.2) is 4.34 Å². The molecule has 9 heteroatoms. The molecule has 23 heavy (non-hydrogen) atoms. The number of nitrogens with one attached hydrogen (secondary N) is 1. The molecule has 0 unspecified atom stereocenters. The van der Waals surface area contributed by atoms with Crippen molar-refractivity contribution in [3.05, 3.63) is 38.7 Å². The molecule has 1 N–H and O–H groups in total. The fraction of sp³-hybridized carbons (Fsp3) is 0.286. The minimum atomic E-state index is -0.275. The van der Waals surface area contributed by atoms with Crippen molar-refractivity contribution in [1.82, 2.24) is 15.0 Å². The Kier molecular flexibility index (Phi) is 5.09. The minimum absolute atomic E-state index is 0.109. The predicted molar refractivity (Wildman–Crippen MR) is 92.3 cm³/mol. The monoisotopic (exact) mass is 367 g/mol. The number of H-pyrrole nitrogens is 1. The third kappa shape index (κ3) is 3.98. The van der Waals surface area contributed by atoms with Gasteiger partial charge in [-0.3, -0.25) is 9.59 Å². The third-order valence-corrected chi connectivity index (χ3v) is 5.84. The number of ether oxygens (including phenoxy) is 1. The van der Waals surface area contributed by atoms with Crippen LogP contribution < -0.4 is 5.56 Å². The van der Waals surface area contributed by atoms with Gasteiger partial charge in [-0.25, -0.2) is 9.97 Å². The fourth-order valence-corrected chi connectivity index (χ4v) is 4.36. The van der Waals surface area contributed by atoms with Gasteiger partial charge in [0.25, 0.3) is 5.56 Å². The van der Waals surface area contributed by atoms with E-state index in [0.29, 0.717) is 28.6 Å². The first-order chi connectivity index (χ1) is 11.2. The van der Waals surface area contributed by atoms with Gasteiger partial charge < -0.3 is 9.72 Å². The molecule has 0 aliphatic heterocycles. The number of aromatic nitrogens is 3. The molecule has 3 aromatic rings. The van der Waals surface area contributed by atoms with Gasteiger partial charge in [0.2, 0.25) is 0 Å². The Morgan fingerprint density at radius 2 is 2.26 bits per heavy atom. The van der Waals surface area contributed by atoms with Crippen LogP contribution in [0.4, 0.5) is 0 Å². The third-order valence-electron chi connectivity index (χ3n) is 2.86. The lowest BCUT2D eigenvalue weighted by atomic mass is 10.3. The van der Waals surface area contributed by atoms with Gasteiger partial charge in [0, 0.05) is 5.38 Å². The van der Waals surface area contributed by atoms with Crippen molar-refractivity contribution in [1.29, 1.82) is 0 Å². The fourth-order valence-electron chi connectivity index (χ4n) is 1.92.